The summed E-state index contributed by atoms with van der Waals surface area (Å²) in [6.45, 7) is 5.57. The molecule has 0 spiro atoms. The minimum Gasteiger partial charge on any atom is -0.726 e. The van der Waals surface area contributed by atoms with Crippen molar-refractivity contribution in [2.24, 2.45) is 0 Å². The van der Waals surface area contributed by atoms with Gasteiger partial charge in [0.15, 0.2) is 0 Å². The first-order valence-corrected chi connectivity index (χ1v) is 18.1. The van der Waals surface area contributed by atoms with E-state index in [1.54, 1.807) is 0 Å². The quantitative estimate of drug-likeness (QED) is 0.0371. The molecule has 0 aromatic rings. The average Bonchev–Trinajstić information content (AvgIpc) is 2.88. The van der Waals surface area contributed by atoms with Crippen LogP contribution in [0.15, 0.2) is 0 Å². The van der Waals surface area contributed by atoms with Gasteiger partial charge in [0.1, 0.15) is 0 Å². The smallest absolute Gasteiger partial charge is 0.726 e. The van der Waals surface area contributed by atoms with E-state index in [4.69, 9.17) is 9.47 Å². The third kappa shape index (κ3) is 50.4. The largest absolute Gasteiger partial charge is 2.00 e. The van der Waals surface area contributed by atoms with Crippen LogP contribution in [0.2, 0.25) is 0 Å². The zero-order valence-corrected chi connectivity index (χ0v) is 29.0. The number of hydrogen-bond acceptors (Lipinski definition) is 10. The SMILES string of the molecule is CCCCCCCCCCCCOCCOS(=O)(=O)[O-].CCCCCCCCCCCCOCCOS(=O)(=O)[O-].[Mg+2]. The molecule has 0 rings (SSSR count). The summed E-state index contributed by atoms with van der Waals surface area (Å²) in [7, 11) is -9.14. The van der Waals surface area contributed by atoms with E-state index in [1.807, 2.05) is 0 Å². The summed E-state index contributed by atoms with van der Waals surface area (Å²) in [6.07, 6.45) is 25.3. The molecule has 10 nitrogen and oxygen atoms in total. The molecule has 0 N–H and O–H groups in total. The van der Waals surface area contributed by atoms with Crippen molar-refractivity contribution in [2.75, 3.05) is 39.6 Å². The molecule has 0 aliphatic heterocycles. The number of ether oxygens (including phenoxy) is 2. The van der Waals surface area contributed by atoms with Gasteiger partial charge in [-0.05, 0) is 12.8 Å². The van der Waals surface area contributed by atoms with Crippen molar-refractivity contribution < 1.29 is 43.8 Å². The normalized spacial score (nSPS) is 11.6. The molecule has 0 radical (unpaired) electrons. The van der Waals surface area contributed by atoms with E-state index in [0.717, 1.165) is 25.7 Å². The Hall–Kier alpha value is 0.426. The van der Waals surface area contributed by atoms with Crippen molar-refractivity contribution in [2.45, 2.75) is 142 Å². The summed E-state index contributed by atoms with van der Waals surface area (Å²) in [5, 5.41) is 0. The predicted octanol–water partition coefficient (Wildman–Crippen LogP) is 6.42. The molecule has 244 valence electrons. The Labute approximate surface area is 268 Å². The number of unbranched alkanes of at least 4 members (excludes halogenated alkanes) is 18. The summed E-state index contributed by atoms with van der Waals surface area (Å²) >= 11 is 0. The molecule has 0 atom stereocenters. The van der Waals surface area contributed by atoms with Crippen LogP contribution in [0.3, 0.4) is 0 Å². The molecule has 0 heterocycles. The van der Waals surface area contributed by atoms with Crippen molar-refractivity contribution in [3.05, 3.63) is 0 Å². The van der Waals surface area contributed by atoms with Crippen molar-refractivity contribution in [3.63, 3.8) is 0 Å². The van der Waals surface area contributed by atoms with Gasteiger partial charge in [-0.3, -0.25) is 8.37 Å². The maximum absolute atomic E-state index is 10.1. The third-order valence-electron chi connectivity index (χ3n) is 6.20. The van der Waals surface area contributed by atoms with Crippen LogP contribution < -0.4 is 0 Å². The molecule has 13 heteroatoms. The van der Waals surface area contributed by atoms with E-state index >= 15 is 0 Å². The fourth-order valence-corrected chi connectivity index (χ4v) is 4.52. The zero-order valence-electron chi connectivity index (χ0n) is 26.0. The van der Waals surface area contributed by atoms with E-state index in [-0.39, 0.29) is 49.5 Å². The van der Waals surface area contributed by atoms with Crippen LogP contribution in [-0.4, -0.2) is 88.6 Å². The van der Waals surface area contributed by atoms with Gasteiger partial charge in [0.25, 0.3) is 0 Å². The van der Waals surface area contributed by atoms with E-state index in [2.05, 4.69) is 22.2 Å². The fraction of sp³-hybridized carbons (Fsp3) is 1.00. The van der Waals surface area contributed by atoms with Crippen LogP contribution in [0.25, 0.3) is 0 Å². The van der Waals surface area contributed by atoms with Gasteiger partial charge in [0.2, 0.25) is 20.8 Å². The molecule has 0 aliphatic rings. The second kappa shape index (κ2) is 34.9. The molecule has 0 unspecified atom stereocenters. The first-order chi connectivity index (χ1) is 19.1. The molecule has 0 aliphatic carbocycles. The molecule has 41 heavy (non-hydrogen) atoms. The monoisotopic (exact) mass is 642 g/mol. The average molecular weight is 643 g/mol. The van der Waals surface area contributed by atoms with Gasteiger partial charge in [-0.2, -0.15) is 0 Å². The van der Waals surface area contributed by atoms with Gasteiger partial charge in [0, 0.05) is 13.2 Å². The second-order valence-electron chi connectivity index (χ2n) is 10.0. The molecule has 0 fully saturated rings. The van der Waals surface area contributed by atoms with Gasteiger partial charge < -0.3 is 18.6 Å². The van der Waals surface area contributed by atoms with Crippen LogP contribution in [-0.2, 0) is 38.6 Å². The second-order valence-corrected chi connectivity index (χ2v) is 12.2. The number of rotatable bonds is 30. The Morgan fingerprint density at radius 3 is 0.878 bits per heavy atom. The minimum atomic E-state index is -4.57. The molecular weight excluding hydrogens is 585 g/mol. The van der Waals surface area contributed by atoms with Crippen molar-refractivity contribution in [1.29, 1.82) is 0 Å². The van der Waals surface area contributed by atoms with Crippen LogP contribution >= 0.6 is 0 Å². The van der Waals surface area contributed by atoms with E-state index in [9.17, 15) is 25.9 Å². The van der Waals surface area contributed by atoms with Gasteiger partial charge >= 0.3 is 23.1 Å². The third-order valence-corrected chi connectivity index (χ3v) is 7.11. The Balaban J connectivity index is -0.000000688. The van der Waals surface area contributed by atoms with Crippen LogP contribution in [0.4, 0.5) is 0 Å². The maximum atomic E-state index is 10.1. The van der Waals surface area contributed by atoms with Crippen molar-refractivity contribution >= 4 is 43.9 Å². The fourth-order valence-electron chi connectivity index (χ4n) is 3.98. The Morgan fingerprint density at radius 2 is 0.634 bits per heavy atom. The van der Waals surface area contributed by atoms with Crippen LogP contribution in [0, 0.1) is 0 Å². The first kappa shape index (κ1) is 45.9. The summed E-state index contributed by atoms with van der Waals surface area (Å²) in [5.41, 5.74) is 0. The summed E-state index contributed by atoms with van der Waals surface area (Å²) in [6, 6.07) is 0. The van der Waals surface area contributed by atoms with Gasteiger partial charge in [-0.1, -0.05) is 129 Å². The Kier molecular flexibility index (Phi) is 39.0. The molecule has 0 amide bonds. The molecule has 0 saturated carbocycles. The van der Waals surface area contributed by atoms with E-state index in [1.165, 1.54) is 103 Å². The van der Waals surface area contributed by atoms with Crippen molar-refractivity contribution in [1.82, 2.24) is 0 Å². The van der Waals surface area contributed by atoms with E-state index < -0.39 is 20.8 Å². The standard InChI is InChI=1S/2C14H30O5S.Mg/c2*1-2-3-4-5-6-7-8-9-10-11-12-18-13-14-19-20(15,16)17;/h2*2-14H2,1H3,(H,15,16,17);/q;;+2/p-2. The topological polar surface area (TPSA) is 151 Å². The molecule has 0 saturated heterocycles. The summed E-state index contributed by atoms with van der Waals surface area (Å²) in [4.78, 5) is 0. The van der Waals surface area contributed by atoms with Gasteiger partial charge in [0.05, 0.1) is 26.4 Å². The Morgan fingerprint density at radius 1 is 0.390 bits per heavy atom. The predicted molar refractivity (Wildman–Crippen MR) is 162 cm³/mol. The van der Waals surface area contributed by atoms with Crippen LogP contribution in [0.1, 0.15) is 142 Å². The zero-order chi connectivity index (χ0) is 30.2. The molecular formula is C28H58MgO10S2. The molecule has 0 bridgehead atoms. The van der Waals surface area contributed by atoms with Crippen LogP contribution in [0.5, 0.6) is 0 Å². The molecule has 0 aromatic carbocycles. The van der Waals surface area contributed by atoms with Gasteiger partial charge in [-0.15, -0.1) is 0 Å². The maximum Gasteiger partial charge on any atom is 2.00 e. The van der Waals surface area contributed by atoms with Crippen molar-refractivity contribution in [3.8, 4) is 0 Å². The van der Waals surface area contributed by atoms with E-state index in [0.29, 0.717) is 13.2 Å². The van der Waals surface area contributed by atoms with Gasteiger partial charge in [-0.25, -0.2) is 16.8 Å². The summed E-state index contributed by atoms with van der Waals surface area (Å²) in [5.74, 6) is 0. The summed E-state index contributed by atoms with van der Waals surface area (Å²) < 4.78 is 79.1. The minimum absolute atomic E-state index is 0. The molecule has 0 aromatic heterocycles. The first-order valence-electron chi connectivity index (χ1n) is 15.5. The Bertz CT molecular complexity index is 647. The number of hydrogen-bond donors (Lipinski definition) is 0.